The molecule has 0 aromatic heterocycles. The second-order valence-electron chi connectivity index (χ2n) is 3.72. The zero-order valence-corrected chi connectivity index (χ0v) is 9.80. The van der Waals surface area contributed by atoms with Crippen LogP contribution < -0.4 is 0 Å². The quantitative estimate of drug-likeness (QED) is 0.426. The van der Waals surface area contributed by atoms with Crippen LogP contribution in [-0.2, 0) is 0 Å². The van der Waals surface area contributed by atoms with Crippen LogP contribution in [-0.4, -0.2) is 23.1 Å². The van der Waals surface area contributed by atoms with Gasteiger partial charge in [0.25, 0.3) is 0 Å². The molecule has 2 aliphatic carbocycles. The van der Waals surface area contributed by atoms with Gasteiger partial charge in [0, 0.05) is 0 Å². The molecule has 0 aliphatic heterocycles. The van der Waals surface area contributed by atoms with Crippen LogP contribution in [0.15, 0.2) is 0 Å². The maximum atomic E-state index is 3.99. The Kier molecular flexibility index (Phi) is 6.65. The molecule has 2 bridgehead atoms. The van der Waals surface area contributed by atoms with Crippen molar-refractivity contribution in [3.8, 4) is 0 Å². The zero-order valence-electron chi connectivity index (χ0n) is 8.39. The van der Waals surface area contributed by atoms with Crippen molar-refractivity contribution in [1.82, 2.24) is 0 Å². The van der Waals surface area contributed by atoms with E-state index >= 15 is 0 Å². The van der Waals surface area contributed by atoms with Crippen LogP contribution in [0.1, 0.15) is 39.0 Å². The summed E-state index contributed by atoms with van der Waals surface area (Å²) < 4.78 is 0. The van der Waals surface area contributed by atoms with Gasteiger partial charge in [-0.2, -0.15) is 13.3 Å². The fourth-order valence-electron chi connectivity index (χ4n) is 2.73. The molecule has 0 radical (unpaired) electrons. The Balaban J connectivity index is 0.000000378. The molecule has 1 heteroatoms. The van der Waals surface area contributed by atoms with E-state index in [0.717, 1.165) is 17.8 Å². The van der Waals surface area contributed by atoms with Crippen molar-refractivity contribution >= 4 is 23.1 Å². The van der Waals surface area contributed by atoms with Crippen LogP contribution in [0.25, 0.3) is 0 Å². The fraction of sp³-hybridized carbons (Fsp3) is 0.818. The Morgan fingerprint density at radius 1 is 1.17 bits per heavy atom. The Hall–Kier alpha value is 0.766. The van der Waals surface area contributed by atoms with Crippen molar-refractivity contribution in [2.24, 2.45) is 17.8 Å². The SMILES string of the molecule is [CH2-]C.[CH2-]C[C@H]1C[C@@H]2CC[C@H]1C2.[Mg+2]. The molecular formula is C11H20Mg. The summed E-state index contributed by atoms with van der Waals surface area (Å²) in [4.78, 5) is 0. The van der Waals surface area contributed by atoms with Crippen LogP contribution in [0, 0.1) is 31.6 Å². The molecule has 2 rings (SSSR count). The standard InChI is InChI=1S/C9H15.C2H5.Mg/c1-2-8-5-7-3-4-9(8)6-7;1-2;/h7-9H,1-6H2;1H2,2H3;/q2*-1;+2/t7-,8-,9-;;/m0../s1. The van der Waals surface area contributed by atoms with Gasteiger partial charge in [-0.1, -0.05) is 18.8 Å². The Morgan fingerprint density at radius 2 is 1.83 bits per heavy atom. The third-order valence-electron chi connectivity index (χ3n) is 3.26. The van der Waals surface area contributed by atoms with E-state index in [9.17, 15) is 0 Å². The van der Waals surface area contributed by atoms with E-state index in [1.807, 2.05) is 0 Å². The molecule has 3 atom stereocenters. The Labute approximate surface area is 93.7 Å². The van der Waals surface area contributed by atoms with Crippen molar-refractivity contribution in [3.63, 3.8) is 0 Å². The molecule has 0 aromatic carbocycles. The molecule has 0 saturated heterocycles. The van der Waals surface area contributed by atoms with Crippen molar-refractivity contribution in [1.29, 1.82) is 0 Å². The van der Waals surface area contributed by atoms with Gasteiger partial charge in [-0.25, -0.2) is 0 Å². The van der Waals surface area contributed by atoms with E-state index in [0.29, 0.717) is 0 Å². The monoisotopic (exact) mass is 176 g/mol. The summed E-state index contributed by atoms with van der Waals surface area (Å²) in [7, 11) is 0. The molecule has 2 aliphatic rings. The van der Waals surface area contributed by atoms with E-state index < -0.39 is 0 Å². The minimum atomic E-state index is 0. The smallest absolute Gasteiger partial charge is 0.346 e. The summed E-state index contributed by atoms with van der Waals surface area (Å²) in [6, 6.07) is 0. The molecule has 0 N–H and O–H groups in total. The number of rotatable bonds is 1. The normalized spacial score (nSPS) is 36.8. The van der Waals surface area contributed by atoms with E-state index in [2.05, 4.69) is 13.8 Å². The van der Waals surface area contributed by atoms with Gasteiger partial charge in [-0.3, -0.25) is 0 Å². The minimum Gasteiger partial charge on any atom is -0.346 e. The first-order valence-electron chi connectivity index (χ1n) is 4.90. The molecule has 0 nitrogen and oxygen atoms in total. The van der Waals surface area contributed by atoms with Crippen molar-refractivity contribution < 1.29 is 0 Å². The Morgan fingerprint density at radius 3 is 2.08 bits per heavy atom. The molecule has 66 valence electrons. The molecule has 2 saturated carbocycles. The largest absolute Gasteiger partial charge is 2.00 e. The summed E-state index contributed by atoms with van der Waals surface area (Å²) in [5.41, 5.74) is 0. The van der Waals surface area contributed by atoms with E-state index in [1.54, 1.807) is 13.3 Å². The average molecular weight is 177 g/mol. The molecule has 0 aromatic rings. The minimum absolute atomic E-state index is 0. The first-order valence-corrected chi connectivity index (χ1v) is 4.90. The summed E-state index contributed by atoms with van der Waals surface area (Å²) in [6.45, 7) is 8.99. The molecule has 0 heterocycles. The summed E-state index contributed by atoms with van der Waals surface area (Å²) in [6.07, 6.45) is 7.29. The van der Waals surface area contributed by atoms with Gasteiger partial charge in [0.05, 0.1) is 0 Å². The van der Waals surface area contributed by atoms with Crippen LogP contribution in [0.4, 0.5) is 0 Å². The van der Waals surface area contributed by atoms with E-state index in [-0.39, 0.29) is 23.1 Å². The van der Waals surface area contributed by atoms with Crippen molar-refractivity contribution in [3.05, 3.63) is 13.8 Å². The van der Waals surface area contributed by atoms with Gasteiger partial charge in [-0.05, 0) is 24.7 Å². The summed E-state index contributed by atoms with van der Waals surface area (Å²) in [5.74, 6) is 3.22. The zero-order chi connectivity index (χ0) is 8.27. The van der Waals surface area contributed by atoms with Gasteiger partial charge in [0.15, 0.2) is 0 Å². The average Bonchev–Trinajstić information content (AvgIpc) is 2.67. The van der Waals surface area contributed by atoms with E-state index in [4.69, 9.17) is 0 Å². The molecule has 0 amide bonds. The molecule has 0 spiro atoms. The topological polar surface area (TPSA) is 0 Å². The van der Waals surface area contributed by atoms with E-state index in [1.165, 1.54) is 25.7 Å². The number of fused-ring (bicyclic) bond motifs is 2. The number of hydrogen-bond donors (Lipinski definition) is 0. The first-order chi connectivity index (χ1) is 5.40. The van der Waals surface area contributed by atoms with Crippen molar-refractivity contribution in [2.75, 3.05) is 0 Å². The van der Waals surface area contributed by atoms with Gasteiger partial charge in [-0.15, -0.1) is 0 Å². The van der Waals surface area contributed by atoms with Gasteiger partial charge in [0.1, 0.15) is 0 Å². The second kappa shape index (κ2) is 6.25. The maximum absolute atomic E-state index is 3.99. The van der Waals surface area contributed by atoms with Crippen LogP contribution in [0.2, 0.25) is 0 Å². The molecule has 0 unspecified atom stereocenters. The maximum Gasteiger partial charge on any atom is 2.00 e. The first kappa shape index (κ1) is 12.8. The van der Waals surface area contributed by atoms with Gasteiger partial charge < -0.3 is 13.8 Å². The molecular weight excluding hydrogens is 156 g/mol. The molecule has 12 heavy (non-hydrogen) atoms. The summed E-state index contributed by atoms with van der Waals surface area (Å²) in [5, 5.41) is 0. The van der Waals surface area contributed by atoms with Crippen LogP contribution >= 0.6 is 0 Å². The third-order valence-corrected chi connectivity index (χ3v) is 3.26. The molecule has 2 fully saturated rings. The number of hydrogen-bond acceptors (Lipinski definition) is 0. The predicted molar refractivity (Wildman–Crippen MR) is 55.7 cm³/mol. The van der Waals surface area contributed by atoms with Crippen molar-refractivity contribution in [2.45, 2.75) is 39.0 Å². The van der Waals surface area contributed by atoms with Gasteiger partial charge in [0.2, 0.25) is 0 Å². The third kappa shape index (κ3) is 2.63. The summed E-state index contributed by atoms with van der Waals surface area (Å²) >= 11 is 0. The van der Waals surface area contributed by atoms with Crippen LogP contribution in [0.3, 0.4) is 0 Å². The fourth-order valence-corrected chi connectivity index (χ4v) is 2.73. The van der Waals surface area contributed by atoms with Gasteiger partial charge >= 0.3 is 23.1 Å². The predicted octanol–water partition coefficient (Wildman–Crippen LogP) is 3.11. The Bertz CT molecular complexity index is 112. The van der Waals surface area contributed by atoms with Crippen LogP contribution in [0.5, 0.6) is 0 Å². The second-order valence-corrected chi connectivity index (χ2v) is 3.72.